The molecule has 1 aromatic carbocycles. The van der Waals surface area contributed by atoms with Gasteiger partial charge in [-0.25, -0.2) is 0 Å². The van der Waals surface area contributed by atoms with E-state index in [2.05, 4.69) is 22.9 Å². The molecule has 0 N–H and O–H groups in total. The molecule has 104 valence electrons. The van der Waals surface area contributed by atoms with Crippen molar-refractivity contribution < 1.29 is 14.3 Å². The van der Waals surface area contributed by atoms with E-state index in [4.69, 9.17) is 9.47 Å². The van der Waals surface area contributed by atoms with E-state index in [1.54, 1.807) is 0 Å². The molecule has 1 fully saturated rings. The SMILES string of the molecule is CCOc1ccc(C(=O)C2CCOC2CC)cc1Br. The minimum atomic E-state index is -0.00477. The lowest BCUT2D eigenvalue weighted by molar-refractivity contribution is 0.0689. The summed E-state index contributed by atoms with van der Waals surface area (Å²) in [5.41, 5.74) is 0.726. The van der Waals surface area contributed by atoms with Gasteiger partial charge in [-0.05, 0) is 53.9 Å². The van der Waals surface area contributed by atoms with E-state index in [0.717, 1.165) is 28.6 Å². The van der Waals surface area contributed by atoms with Crippen molar-refractivity contribution in [2.75, 3.05) is 13.2 Å². The average Bonchev–Trinajstić information content (AvgIpc) is 2.88. The van der Waals surface area contributed by atoms with Gasteiger partial charge in [-0.2, -0.15) is 0 Å². The zero-order valence-corrected chi connectivity index (χ0v) is 12.9. The summed E-state index contributed by atoms with van der Waals surface area (Å²) in [6.45, 7) is 5.30. The third-order valence-corrected chi connectivity index (χ3v) is 4.08. The molecule has 1 heterocycles. The smallest absolute Gasteiger partial charge is 0.168 e. The fourth-order valence-corrected chi connectivity index (χ4v) is 2.98. The Balaban J connectivity index is 2.17. The molecule has 19 heavy (non-hydrogen) atoms. The third kappa shape index (κ3) is 3.18. The quantitative estimate of drug-likeness (QED) is 0.771. The minimum Gasteiger partial charge on any atom is -0.493 e. The Morgan fingerprint density at radius 2 is 2.26 bits per heavy atom. The maximum Gasteiger partial charge on any atom is 0.168 e. The Bertz CT molecular complexity index is 459. The first-order valence-corrected chi connectivity index (χ1v) is 7.54. The van der Waals surface area contributed by atoms with Gasteiger partial charge in [0.25, 0.3) is 0 Å². The number of ether oxygens (including phenoxy) is 2. The van der Waals surface area contributed by atoms with Crippen molar-refractivity contribution >= 4 is 21.7 Å². The summed E-state index contributed by atoms with van der Waals surface area (Å²) >= 11 is 3.45. The highest BCUT2D eigenvalue weighted by Crippen LogP contribution is 2.31. The molecule has 0 saturated carbocycles. The summed E-state index contributed by atoms with van der Waals surface area (Å²) in [5, 5.41) is 0. The summed E-state index contributed by atoms with van der Waals surface area (Å²) in [4.78, 5) is 12.5. The van der Waals surface area contributed by atoms with Gasteiger partial charge in [0.2, 0.25) is 0 Å². The topological polar surface area (TPSA) is 35.5 Å². The molecule has 2 atom stereocenters. The highest BCUT2D eigenvalue weighted by Gasteiger charge is 2.33. The van der Waals surface area contributed by atoms with Crippen molar-refractivity contribution in [3.63, 3.8) is 0 Å². The number of carbonyl (C=O) groups is 1. The van der Waals surface area contributed by atoms with Crippen molar-refractivity contribution in [2.45, 2.75) is 32.8 Å². The normalized spacial score (nSPS) is 22.5. The molecule has 0 radical (unpaired) electrons. The van der Waals surface area contributed by atoms with Crippen LogP contribution in [-0.4, -0.2) is 25.1 Å². The molecule has 0 aromatic heterocycles. The molecule has 0 aliphatic carbocycles. The molecule has 1 saturated heterocycles. The van der Waals surface area contributed by atoms with E-state index in [1.807, 2.05) is 25.1 Å². The predicted molar refractivity (Wildman–Crippen MR) is 77.8 cm³/mol. The van der Waals surface area contributed by atoms with E-state index >= 15 is 0 Å². The Kier molecular flexibility index (Phi) is 4.99. The lowest BCUT2D eigenvalue weighted by Gasteiger charge is -2.16. The van der Waals surface area contributed by atoms with Crippen molar-refractivity contribution in [1.29, 1.82) is 0 Å². The first-order chi connectivity index (χ1) is 9.17. The maximum absolute atomic E-state index is 12.5. The molecule has 4 heteroatoms. The number of rotatable bonds is 5. The van der Waals surface area contributed by atoms with Crippen LogP contribution in [0.5, 0.6) is 5.75 Å². The zero-order chi connectivity index (χ0) is 13.8. The fraction of sp³-hybridized carbons (Fsp3) is 0.533. The first-order valence-electron chi connectivity index (χ1n) is 6.75. The lowest BCUT2D eigenvalue weighted by Crippen LogP contribution is -2.23. The minimum absolute atomic E-state index is 0.00477. The first kappa shape index (κ1) is 14.5. The van der Waals surface area contributed by atoms with Gasteiger partial charge in [-0.1, -0.05) is 6.92 Å². The Morgan fingerprint density at radius 3 is 2.89 bits per heavy atom. The van der Waals surface area contributed by atoms with Gasteiger partial charge in [0, 0.05) is 12.2 Å². The molecule has 2 unspecified atom stereocenters. The van der Waals surface area contributed by atoms with E-state index in [1.165, 1.54) is 0 Å². The largest absolute Gasteiger partial charge is 0.493 e. The molecular formula is C15H19BrO3. The van der Waals surface area contributed by atoms with Crippen LogP contribution in [0.3, 0.4) is 0 Å². The number of hydrogen-bond acceptors (Lipinski definition) is 3. The zero-order valence-electron chi connectivity index (χ0n) is 11.3. The van der Waals surface area contributed by atoms with Crippen LogP contribution >= 0.6 is 15.9 Å². The number of ketones is 1. The van der Waals surface area contributed by atoms with Crippen LogP contribution in [0.2, 0.25) is 0 Å². The standard InChI is InChI=1S/C15H19BrO3/c1-3-13-11(7-8-19-13)15(17)10-5-6-14(18-4-2)12(16)9-10/h5-6,9,11,13H,3-4,7-8H2,1-2H3. The average molecular weight is 327 g/mol. The number of Topliss-reactive ketones (excluding diaryl/α,β-unsaturated/α-hetero) is 1. The fourth-order valence-electron chi connectivity index (χ4n) is 2.49. The van der Waals surface area contributed by atoms with Crippen LogP contribution in [-0.2, 0) is 4.74 Å². The van der Waals surface area contributed by atoms with Gasteiger partial charge < -0.3 is 9.47 Å². The van der Waals surface area contributed by atoms with Gasteiger partial charge in [-0.3, -0.25) is 4.79 Å². The second-order valence-corrected chi connectivity index (χ2v) is 5.51. The van der Waals surface area contributed by atoms with Crippen LogP contribution in [0.15, 0.2) is 22.7 Å². The van der Waals surface area contributed by atoms with Crippen LogP contribution in [0, 0.1) is 5.92 Å². The Morgan fingerprint density at radius 1 is 1.47 bits per heavy atom. The van der Waals surface area contributed by atoms with Crippen LogP contribution < -0.4 is 4.74 Å². The predicted octanol–water partition coefficient (Wildman–Crippen LogP) is 3.85. The van der Waals surface area contributed by atoms with Crippen molar-refractivity contribution in [2.24, 2.45) is 5.92 Å². The second kappa shape index (κ2) is 6.53. The molecule has 3 nitrogen and oxygen atoms in total. The summed E-state index contributed by atoms with van der Waals surface area (Å²) in [7, 11) is 0. The lowest BCUT2D eigenvalue weighted by atomic mass is 9.90. The van der Waals surface area contributed by atoms with E-state index in [9.17, 15) is 4.79 Å². The van der Waals surface area contributed by atoms with E-state index in [-0.39, 0.29) is 17.8 Å². The Hall–Kier alpha value is -0.870. The Labute approximate surface area is 122 Å². The molecule has 0 bridgehead atoms. The number of halogens is 1. The molecule has 1 aliphatic heterocycles. The van der Waals surface area contributed by atoms with E-state index in [0.29, 0.717) is 13.2 Å². The number of benzene rings is 1. The molecule has 0 amide bonds. The van der Waals surface area contributed by atoms with Crippen molar-refractivity contribution in [3.8, 4) is 5.75 Å². The van der Waals surface area contributed by atoms with Gasteiger partial charge in [-0.15, -0.1) is 0 Å². The molecule has 1 aliphatic rings. The highest BCUT2D eigenvalue weighted by molar-refractivity contribution is 9.10. The van der Waals surface area contributed by atoms with Gasteiger partial charge in [0.05, 0.1) is 23.1 Å². The molecule has 1 aromatic rings. The van der Waals surface area contributed by atoms with Crippen molar-refractivity contribution in [1.82, 2.24) is 0 Å². The molecule has 0 spiro atoms. The molecular weight excluding hydrogens is 308 g/mol. The maximum atomic E-state index is 12.5. The highest BCUT2D eigenvalue weighted by atomic mass is 79.9. The number of hydrogen-bond donors (Lipinski definition) is 0. The van der Waals surface area contributed by atoms with E-state index < -0.39 is 0 Å². The van der Waals surface area contributed by atoms with Gasteiger partial charge in [0.15, 0.2) is 5.78 Å². The monoisotopic (exact) mass is 326 g/mol. The second-order valence-electron chi connectivity index (χ2n) is 4.66. The summed E-state index contributed by atoms with van der Waals surface area (Å²) in [6, 6.07) is 5.53. The van der Waals surface area contributed by atoms with Crippen molar-refractivity contribution in [3.05, 3.63) is 28.2 Å². The van der Waals surface area contributed by atoms with Crippen LogP contribution in [0.25, 0.3) is 0 Å². The van der Waals surface area contributed by atoms with Crippen LogP contribution in [0.4, 0.5) is 0 Å². The summed E-state index contributed by atoms with van der Waals surface area (Å²) < 4.78 is 11.9. The summed E-state index contributed by atoms with van der Waals surface area (Å²) in [6.07, 6.45) is 1.77. The van der Waals surface area contributed by atoms with Gasteiger partial charge in [0.1, 0.15) is 5.75 Å². The van der Waals surface area contributed by atoms with Gasteiger partial charge >= 0.3 is 0 Å². The summed E-state index contributed by atoms with van der Waals surface area (Å²) in [5.74, 6) is 0.941. The third-order valence-electron chi connectivity index (χ3n) is 3.46. The van der Waals surface area contributed by atoms with Crippen LogP contribution in [0.1, 0.15) is 37.0 Å². The molecule has 2 rings (SSSR count). The number of carbonyl (C=O) groups excluding carboxylic acids is 1.